The second kappa shape index (κ2) is 2.18. The van der Waals surface area contributed by atoms with Crippen LogP contribution in [0.5, 0.6) is 0 Å². The lowest BCUT2D eigenvalue weighted by Gasteiger charge is -2.36. The Morgan fingerprint density at radius 3 is 2.09 bits per heavy atom. The first-order chi connectivity index (χ1) is 4.92. The lowest BCUT2D eigenvalue weighted by atomic mass is 10.1. The first-order valence-electron chi connectivity index (χ1n) is 3.05. The van der Waals surface area contributed by atoms with Gasteiger partial charge < -0.3 is 10.4 Å². The van der Waals surface area contributed by atoms with Crippen molar-refractivity contribution in [3.63, 3.8) is 0 Å². The molecule has 2 N–H and O–H groups in total. The highest BCUT2D eigenvalue weighted by atomic mass is 32.2. The van der Waals surface area contributed by atoms with Gasteiger partial charge >= 0.3 is 5.97 Å². The number of carboxylic acids is 1. The van der Waals surface area contributed by atoms with Gasteiger partial charge in [0.05, 0.1) is 11.5 Å². The Kier molecular flexibility index (Phi) is 1.68. The Bertz CT molecular complexity index is 269. The lowest BCUT2D eigenvalue weighted by molar-refractivity contribution is -0.143. The third kappa shape index (κ3) is 1.23. The Balaban J connectivity index is 2.80. The third-order valence-electron chi connectivity index (χ3n) is 1.82. The maximum Gasteiger partial charge on any atom is 0.326 e. The fraction of sp³-hybridized carbons (Fsp3) is 0.800. The molecule has 1 fully saturated rings. The molecule has 1 aliphatic rings. The lowest BCUT2D eigenvalue weighted by Crippen LogP contribution is -2.67. The number of nitrogens with one attached hydrogen (secondary N) is 1. The Morgan fingerprint density at radius 2 is 2.00 bits per heavy atom. The van der Waals surface area contributed by atoms with Gasteiger partial charge in [0, 0.05) is 0 Å². The molecule has 0 bridgehead atoms. The Labute approximate surface area is 64.3 Å². The van der Waals surface area contributed by atoms with Gasteiger partial charge in [0.25, 0.3) is 0 Å². The van der Waals surface area contributed by atoms with Crippen molar-refractivity contribution in [2.75, 3.05) is 18.6 Å². The van der Waals surface area contributed by atoms with E-state index in [2.05, 4.69) is 5.32 Å². The topological polar surface area (TPSA) is 83.5 Å². The van der Waals surface area contributed by atoms with Gasteiger partial charge in [0.2, 0.25) is 0 Å². The van der Waals surface area contributed by atoms with Crippen LogP contribution in [0.2, 0.25) is 0 Å². The quantitative estimate of drug-likeness (QED) is 0.536. The van der Waals surface area contributed by atoms with E-state index in [-0.39, 0.29) is 11.5 Å². The fourth-order valence-electron chi connectivity index (χ4n) is 1.08. The predicted octanol–water partition coefficient (Wildman–Crippen LogP) is -1.54. The zero-order valence-corrected chi connectivity index (χ0v) is 6.81. The summed E-state index contributed by atoms with van der Waals surface area (Å²) in [5.41, 5.74) is -1.22. The zero-order valence-electron chi connectivity index (χ0n) is 5.99. The van der Waals surface area contributed by atoms with E-state index in [1.807, 2.05) is 0 Å². The average molecular weight is 179 g/mol. The zero-order chi connectivity index (χ0) is 8.70. The summed E-state index contributed by atoms with van der Waals surface area (Å²) in [7, 11) is -1.64. The Hall–Kier alpha value is -0.620. The van der Waals surface area contributed by atoms with Gasteiger partial charge in [-0.05, 0) is 7.05 Å². The summed E-state index contributed by atoms with van der Waals surface area (Å²) in [6, 6.07) is 0. The van der Waals surface area contributed by atoms with E-state index < -0.39 is 21.3 Å². The minimum atomic E-state index is -3.09. The van der Waals surface area contributed by atoms with Gasteiger partial charge in [-0.25, -0.2) is 8.42 Å². The minimum Gasteiger partial charge on any atom is -0.480 e. The van der Waals surface area contributed by atoms with Crippen molar-refractivity contribution in [3.8, 4) is 0 Å². The van der Waals surface area contributed by atoms with E-state index in [9.17, 15) is 13.2 Å². The molecule has 11 heavy (non-hydrogen) atoms. The molecule has 0 radical (unpaired) electrons. The maximum atomic E-state index is 10.7. The first-order valence-corrected chi connectivity index (χ1v) is 4.87. The number of hydrogen-bond donors (Lipinski definition) is 2. The highest BCUT2D eigenvalue weighted by Crippen LogP contribution is 2.23. The molecule has 0 saturated carbocycles. The van der Waals surface area contributed by atoms with Crippen molar-refractivity contribution in [3.05, 3.63) is 0 Å². The van der Waals surface area contributed by atoms with Gasteiger partial charge in [-0.15, -0.1) is 0 Å². The van der Waals surface area contributed by atoms with Crippen molar-refractivity contribution in [2.45, 2.75) is 5.54 Å². The van der Waals surface area contributed by atoms with Crippen LogP contribution in [0.3, 0.4) is 0 Å². The SMILES string of the molecule is CNC1(C(=O)O)CS(=O)(=O)C1. The minimum absolute atomic E-state index is 0.300. The molecule has 0 aromatic rings. The van der Waals surface area contributed by atoms with Gasteiger partial charge in [0.15, 0.2) is 9.84 Å². The summed E-state index contributed by atoms with van der Waals surface area (Å²) in [6.45, 7) is 0. The Morgan fingerprint density at radius 1 is 1.55 bits per heavy atom. The largest absolute Gasteiger partial charge is 0.480 e. The van der Waals surface area contributed by atoms with E-state index in [4.69, 9.17) is 5.11 Å². The van der Waals surface area contributed by atoms with Crippen LogP contribution in [0, 0.1) is 0 Å². The van der Waals surface area contributed by atoms with Gasteiger partial charge in [-0.3, -0.25) is 4.79 Å². The molecule has 0 amide bonds. The molecular weight excluding hydrogens is 170 g/mol. The van der Waals surface area contributed by atoms with Crippen LogP contribution in [0.15, 0.2) is 0 Å². The van der Waals surface area contributed by atoms with Crippen molar-refractivity contribution in [2.24, 2.45) is 0 Å². The average Bonchev–Trinajstić information content (AvgIpc) is 1.81. The van der Waals surface area contributed by atoms with Crippen LogP contribution in [-0.4, -0.2) is 43.6 Å². The third-order valence-corrected chi connectivity index (χ3v) is 3.69. The summed E-state index contributed by atoms with van der Waals surface area (Å²) < 4.78 is 21.3. The summed E-state index contributed by atoms with van der Waals surface area (Å²) >= 11 is 0. The van der Waals surface area contributed by atoms with Gasteiger partial charge in [-0.1, -0.05) is 0 Å². The van der Waals surface area contributed by atoms with Gasteiger partial charge in [0.1, 0.15) is 5.54 Å². The molecule has 1 aliphatic heterocycles. The summed E-state index contributed by atoms with van der Waals surface area (Å²) in [4.78, 5) is 10.5. The fourth-order valence-corrected chi connectivity index (χ4v) is 3.04. The molecule has 1 heterocycles. The summed E-state index contributed by atoms with van der Waals surface area (Å²) in [5.74, 6) is -1.70. The van der Waals surface area contributed by atoms with Crippen LogP contribution in [0.1, 0.15) is 0 Å². The number of hydrogen-bond acceptors (Lipinski definition) is 4. The second-order valence-corrected chi connectivity index (χ2v) is 4.73. The highest BCUT2D eigenvalue weighted by Gasteiger charge is 2.53. The van der Waals surface area contributed by atoms with Crippen LogP contribution < -0.4 is 5.32 Å². The number of likely N-dealkylation sites (N-methyl/N-ethyl adjacent to an activating group) is 1. The number of carboxylic acid groups (broad SMARTS) is 1. The van der Waals surface area contributed by atoms with E-state index in [1.165, 1.54) is 7.05 Å². The standard InChI is InChI=1S/C5H9NO4S/c1-6-5(4(7)8)2-11(9,10)3-5/h6H,2-3H2,1H3,(H,7,8). The molecular formula is C5H9NO4S. The van der Waals surface area contributed by atoms with E-state index in [0.717, 1.165) is 0 Å². The number of carbonyl (C=O) groups is 1. The molecule has 1 saturated heterocycles. The van der Waals surface area contributed by atoms with Crippen LogP contribution >= 0.6 is 0 Å². The summed E-state index contributed by atoms with van der Waals surface area (Å²) in [6.07, 6.45) is 0. The monoisotopic (exact) mass is 179 g/mol. The molecule has 6 heteroatoms. The van der Waals surface area contributed by atoms with E-state index >= 15 is 0 Å². The molecule has 0 spiro atoms. The van der Waals surface area contributed by atoms with Crippen molar-refractivity contribution in [1.29, 1.82) is 0 Å². The molecule has 1 rings (SSSR count). The number of rotatable bonds is 2. The van der Waals surface area contributed by atoms with Crippen LogP contribution in [0.25, 0.3) is 0 Å². The van der Waals surface area contributed by atoms with Crippen molar-refractivity contribution < 1.29 is 18.3 Å². The second-order valence-electron chi connectivity index (χ2n) is 2.67. The van der Waals surface area contributed by atoms with Crippen LogP contribution in [0.4, 0.5) is 0 Å². The molecule has 0 aromatic carbocycles. The van der Waals surface area contributed by atoms with Crippen LogP contribution in [-0.2, 0) is 14.6 Å². The number of aliphatic carboxylic acids is 1. The molecule has 0 atom stereocenters. The van der Waals surface area contributed by atoms with Crippen molar-refractivity contribution in [1.82, 2.24) is 5.32 Å². The molecule has 0 unspecified atom stereocenters. The van der Waals surface area contributed by atoms with E-state index in [1.54, 1.807) is 0 Å². The molecule has 5 nitrogen and oxygen atoms in total. The molecule has 0 aromatic heterocycles. The van der Waals surface area contributed by atoms with Crippen molar-refractivity contribution >= 4 is 15.8 Å². The van der Waals surface area contributed by atoms with Gasteiger partial charge in [-0.2, -0.15) is 0 Å². The molecule has 0 aliphatic carbocycles. The first kappa shape index (κ1) is 8.48. The maximum absolute atomic E-state index is 10.7. The highest BCUT2D eigenvalue weighted by molar-refractivity contribution is 7.93. The number of sulfone groups is 1. The summed E-state index contributed by atoms with van der Waals surface area (Å²) in [5, 5.41) is 11.1. The smallest absolute Gasteiger partial charge is 0.326 e. The normalized spacial score (nSPS) is 25.5. The predicted molar refractivity (Wildman–Crippen MR) is 38.1 cm³/mol. The van der Waals surface area contributed by atoms with E-state index in [0.29, 0.717) is 0 Å². The molecule has 64 valence electrons.